The maximum atomic E-state index is 12.5. The minimum Gasteiger partial charge on any atom is -0.481 e. The van der Waals surface area contributed by atoms with Gasteiger partial charge >= 0.3 is 5.97 Å². The second-order valence-corrected chi connectivity index (χ2v) is 7.26. The Kier molecular flexibility index (Phi) is 5.91. The largest absolute Gasteiger partial charge is 0.481 e. The highest BCUT2D eigenvalue weighted by molar-refractivity contribution is 5.97. The number of nitrogens with zero attached hydrogens (tertiary/aromatic N) is 1. The van der Waals surface area contributed by atoms with Crippen LogP contribution in [-0.4, -0.2) is 40.9 Å². The summed E-state index contributed by atoms with van der Waals surface area (Å²) in [4.78, 5) is 38.2. The molecule has 2 N–H and O–H groups in total. The topological polar surface area (TPSA) is 86.7 Å². The van der Waals surface area contributed by atoms with E-state index in [2.05, 4.69) is 5.32 Å². The van der Waals surface area contributed by atoms with Crippen LogP contribution in [-0.2, 0) is 9.59 Å². The first-order chi connectivity index (χ1) is 12.6. The van der Waals surface area contributed by atoms with Crippen LogP contribution in [0.15, 0.2) is 24.3 Å². The molecule has 0 bridgehead atoms. The standard InChI is InChI=1S/C20H26N2O4/c23-18(16-6-2-3-7-17(16)20(25)26)21-15-10-8-14(9-11-15)19(24)22-12-4-1-5-13-22/h8-11,16-17H,1-7,12-13H2,(H,21,23)(H,25,26). The number of hydrogen-bond donors (Lipinski definition) is 2. The molecule has 6 heteroatoms. The fraction of sp³-hybridized carbons (Fsp3) is 0.550. The van der Waals surface area contributed by atoms with Crippen LogP contribution < -0.4 is 5.32 Å². The summed E-state index contributed by atoms with van der Waals surface area (Å²) in [7, 11) is 0. The van der Waals surface area contributed by atoms with Crippen LogP contribution >= 0.6 is 0 Å². The van der Waals surface area contributed by atoms with Crippen molar-refractivity contribution in [2.75, 3.05) is 18.4 Å². The number of piperidine rings is 1. The average Bonchev–Trinajstić information content (AvgIpc) is 2.68. The highest BCUT2D eigenvalue weighted by Crippen LogP contribution is 2.31. The van der Waals surface area contributed by atoms with Crippen LogP contribution in [0.4, 0.5) is 5.69 Å². The highest BCUT2D eigenvalue weighted by Gasteiger charge is 2.35. The predicted octanol–water partition coefficient (Wildman–Crippen LogP) is 3.14. The third-order valence-corrected chi connectivity index (χ3v) is 5.46. The van der Waals surface area contributed by atoms with E-state index in [0.29, 0.717) is 24.1 Å². The Morgan fingerprint density at radius 3 is 2.12 bits per heavy atom. The molecule has 1 aromatic rings. The predicted molar refractivity (Wildman–Crippen MR) is 97.9 cm³/mol. The number of anilines is 1. The molecular weight excluding hydrogens is 332 g/mol. The van der Waals surface area contributed by atoms with Crippen LogP contribution in [0.25, 0.3) is 0 Å². The van der Waals surface area contributed by atoms with Gasteiger partial charge in [-0.05, 0) is 56.4 Å². The van der Waals surface area contributed by atoms with Crippen molar-refractivity contribution >= 4 is 23.5 Å². The Hall–Kier alpha value is -2.37. The van der Waals surface area contributed by atoms with Crippen molar-refractivity contribution < 1.29 is 19.5 Å². The van der Waals surface area contributed by atoms with E-state index in [9.17, 15) is 19.5 Å². The van der Waals surface area contributed by atoms with Gasteiger partial charge in [-0.3, -0.25) is 14.4 Å². The van der Waals surface area contributed by atoms with E-state index < -0.39 is 17.8 Å². The molecule has 1 aliphatic carbocycles. The Balaban J connectivity index is 1.62. The first-order valence-corrected chi connectivity index (χ1v) is 9.49. The summed E-state index contributed by atoms with van der Waals surface area (Å²) in [5, 5.41) is 12.1. The summed E-state index contributed by atoms with van der Waals surface area (Å²) in [5.74, 6) is -2.21. The van der Waals surface area contributed by atoms with E-state index >= 15 is 0 Å². The van der Waals surface area contributed by atoms with Crippen molar-refractivity contribution in [3.63, 3.8) is 0 Å². The van der Waals surface area contributed by atoms with Crippen molar-refractivity contribution in [3.05, 3.63) is 29.8 Å². The second kappa shape index (κ2) is 8.34. The minimum atomic E-state index is -0.896. The van der Waals surface area contributed by atoms with Crippen LogP contribution in [0.3, 0.4) is 0 Å². The molecule has 3 rings (SSSR count). The lowest BCUT2D eigenvalue weighted by atomic mass is 9.78. The normalized spacial score (nSPS) is 23.3. The number of hydrogen-bond acceptors (Lipinski definition) is 3. The van der Waals surface area contributed by atoms with Crippen molar-refractivity contribution in [3.8, 4) is 0 Å². The molecule has 6 nitrogen and oxygen atoms in total. The molecule has 1 saturated heterocycles. The Morgan fingerprint density at radius 1 is 0.885 bits per heavy atom. The molecule has 2 aliphatic rings. The molecule has 1 aliphatic heterocycles. The summed E-state index contributed by atoms with van der Waals surface area (Å²) in [6, 6.07) is 6.88. The number of likely N-dealkylation sites (tertiary alicyclic amines) is 1. The second-order valence-electron chi connectivity index (χ2n) is 7.26. The summed E-state index contributed by atoms with van der Waals surface area (Å²) < 4.78 is 0. The van der Waals surface area contributed by atoms with Gasteiger partial charge in [0.15, 0.2) is 0 Å². The molecule has 1 saturated carbocycles. The monoisotopic (exact) mass is 358 g/mol. The molecule has 2 fully saturated rings. The Bertz CT molecular complexity index is 665. The molecule has 140 valence electrons. The maximum absolute atomic E-state index is 12.5. The highest BCUT2D eigenvalue weighted by atomic mass is 16.4. The van der Waals surface area contributed by atoms with Gasteiger partial charge in [-0.2, -0.15) is 0 Å². The fourth-order valence-corrected chi connectivity index (χ4v) is 3.95. The van der Waals surface area contributed by atoms with Crippen LogP contribution in [0.1, 0.15) is 55.3 Å². The number of amides is 2. The van der Waals surface area contributed by atoms with E-state index in [4.69, 9.17) is 0 Å². The number of carboxylic acids is 1. The summed E-state index contributed by atoms with van der Waals surface area (Å²) in [5.41, 5.74) is 1.21. The molecule has 2 unspecified atom stereocenters. The van der Waals surface area contributed by atoms with Gasteiger partial charge in [0, 0.05) is 24.3 Å². The molecule has 0 spiro atoms. The average molecular weight is 358 g/mol. The summed E-state index contributed by atoms with van der Waals surface area (Å²) in [6.07, 6.45) is 6.16. The maximum Gasteiger partial charge on any atom is 0.307 e. The van der Waals surface area contributed by atoms with E-state index in [1.54, 1.807) is 24.3 Å². The van der Waals surface area contributed by atoms with E-state index in [1.807, 2.05) is 4.90 Å². The van der Waals surface area contributed by atoms with Crippen molar-refractivity contribution in [2.24, 2.45) is 11.8 Å². The van der Waals surface area contributed by atoms with E-state index in [-0.39, 0.29) is 11.8 Å². The first kappa shape index (κ1) is 18.4. The lowest BCUT2D eigenvalue weighted by Gasteiger charge is -2.27. The molecule has 1 heterocycles. The SMILES string of the molecule is O=C(O)C1CCCCC1C(=O)Nc1ccc(C(=O)N2CCCCC2)cc1. The number of benzene rings is 1. The lowest BCUT2D eigenvalue weighted by Crippen LogP contribution is -2.36. The molecule has 2 amide bonds. The van der Waals surface area contributed by atoms with Gasteiger partial charge in [-0.1, -0.05) is 12.8 Å². The number of aliphatic carboxylic acids is 1. The Morgan fingerprint density at radius 2 is 1.50 bits per heavy atom. The molecule has 2 atom stereocenters. The summed E-state index contributed by atoms with van der Waals surface area (Å²) in [6.45, 7) is 1.60. The van der Waals surface area contributed by atoms with Crippen molar-refractivity contribution in [1.29, 1.82) is 0 Å². The first-order valence-electron chi connectivity index (χ1n) is 9.49. The van der Waals surface area contributed by atoms with Gasteiger partial charge < -0.3 is 15.3 Å². The van der Waals surface area contributed by atoms with Gasteiger partial charge in [0.25, 0.3) is 5.91 Å². The van der Waals surface area contributed by atoms with Crippen molar-refractivity contribution in [2.45, 2.75) is 44.9 Å². The molecular formula is C20H26N2O4. The van der Waals surface area contributed by atoms with Gasteiger partial charge in [-0.25, -0.2) is 0 Å². The third kappa shape index (κ3) is 4.23. The van der Waals surface area contributed by atoms with Crippen LogP contribution in [0.5, 0.6) is 0 Å². The van der Waals surface area contributed by atoms with Gasteiger partial charge in [0.1, 0.15) is 0 Å². The lowest BCUT2D eigenvalue weighted by molar-refractivity contribution is -0.147. The zero-order valence-electron chi connectivity index (χ0n) is 14.9. The zero-order chi connectivity index (χ0) is 18.5. The zero-order valence-corrected chi connectivity index (χ0v) is 14.9. The number of carbonyl (C=O) groups is 3. The quantitative estimate of drug-likeness (QED) is 0.866. The summed E-state index contributed by atoms with van der Waals surface area (Å²) >= 11 is 0. The van der Waals surface area contributed by atoms with E-state index in [0.717, 1.165) is 38.8 Å². The molecule has 0 radical (unpaired) electrons. The Labute approximate surface area is 153 Å². The smallest absolute Gasteiger partial charge is 0.307 e. The van der Waals surface area contributed by atoms with Gasteiger partial charge in [-0.15, -0.1) is 0 Å². The molecule has 1 aromatic carbocycles. The minimum absolute atomic E-state index is 0.0285. The van der Waals surface area contributed by atoms with Crippen LogP contribution in [0, 0.1) is 11.8 Å². The number of nitrogens with one attached hydrogen (secondary N) is 1. The van der Waals surface area contributed by atoms with Crippen molar-refractivity contribution in [1.82, 2.24) is 4.90 Å². The van der Waals surface area contributed by atoms with Crippen LogP contribution in [0.2, 0.25) is 0 Å². The molecule has 26 heavy (non-hydrogen) atoms. The fourth-order valence-electron chi connectivity index (χ4n) is 3.95. The van der Waals surface area contributed by atoms with Gasteiger partial charge in [0.05, 0.1) is 11.8 Å². The third-order valence-electron chi connectivity index (χ3n) is 5.46. The number of carboxylic acid groups (broad SMARTS) is 1. The molecule has 0 aromatic heterocycles. The van der Waals surface area contributed by atoms with Gasteiger partial charge in [0.2, 0.25) is 5.91 Å². The number of carbonyl (C=O) groups excluding carboxylic acids is 2. The van der Waals surface area contributed by atoms with E-state index in [1.165, 1.54) is 6.42 Å². The number of rotatable bonds is 4.